The standard InChI is InChI=1S/C51H49BN2S/c1-32-27-43-46-44(28-32)54(41-22-16-15-21-36(41)33-17-11-9-12-18-33)42-31-39-38(50(5,6)25-26-51(39,7)8)30-40(42)52(46)48-47(53(43)35-19-13-10-14-20-35)37-29-34(49(2,3)4)23-24-45(37)55-48/h9-24,27-31H,25-26H2,1-8H3. The highest BCUT2D eigenvalue weighted by molar-refractivity contribution is 7.33. The average Bonchev–Trinajstić information content (AvgIpc) is 3.55. The zero-order valence-electron chi connectivity index (χ0n) is 33.4. The molecule has 1 aliphatic carbocycles. The summed E-state index contributed by atoms with van der Waals surface area (Å²) in [4.78, 5) is 5.23. The van der Waals surface area contributed by atoms with E-state index in [2.05, 4.69) is 193 Å². The Labute approximate surface area is 331 Å². The molecule has 2 nitrogen and oxygen atoms in total. The van der Waals surface area contributed by atoms with Crippen molar-refractivity contribution in [2.75, 3.05) is 9.80 Å². The van der Waals surface area contributed by atoms with E-state index in [1.54, 1.807) is 0 Å². The smallest absolute Gasteiger partial charge is 0.264 e. The number of hydrogen-bond donors (Lipinski definition) is 0. The Morgan fingerprint density at radius 2 is 1.24 bits per heavy atom. The van der Waals surface area contributed by atoms with E-state index in [0.29, 0.717) is 0 Å². The molecule has 0 saturated heterocycles. The third kappa shape index (κ3) is 5.21. The summed E-state index contributed by atoms with van der Waals surface area (Å²) in [7, 11) is 0. The van der Waals surface area contributed by atoms with Gasteiger partial charge in [0.05, 0.1) is 11.4 Å². The molecule has 0 amide bonds. The van der Waals surface area contributed by atoms with Crippen LogP contribution in [0.1, 0.15) is 83.6 Å². The molecule has 0 saturated carbocycles. The SMILES string of the molecule is Cc1cc2c3c(c1)N(c1ccccc1)c1c(sc4ccc(C(C)(C)C)cc14)B3c1cc3c(cc1N2c1ccccc1-c1ccccc1)C(C)(C)CCC3(C)C. The topological polar surface area (TPSA) is 6.48 Å². The molecule has 0 fully saturated rings. The number of para-hydroxylation sites is 2. The summed E-state index contributed by atoms with van der Waals surface area (Å²) < 4.78 is 2.79. The van der Waals surface area contributed by atoms with Crippen molar-refractivity contribution in [3.63, 3.8) is 0 Å². The number of rotatable bonds is 3. The summed E-state index contributed by atoms with van der Waals surface area (Å²) >= 11 is 2.00. The number of nitrogens with zero attached hydrogens (tertiary/aromatic N) is 2. The van der Waals surface area contributed by atoms with Crippen LogP contribution < -0.4 is 25.5 Å². The molecule has 3 aliphatic rings. The van der Waals surface area contributed by atoms with Gasteiger partial charge in [-0.2, -0.15) is 0 Å². The Balaban J connectivity index is 1.36. The van der Waals surface area contributed by atoms with Crippen molar-refractivity contribution in [3.8, 4) is 11.1 Å². The van der Waals surface area contributed by atoms with E-state index < -0.39 is 0 Å². The number of fused-ring (bicyclic) bond motifs is 7. The summed E-state index contributed by atoms with van der Waals surface area (Å²) in [6, 6.07) is 48.5. The number of hydrogen-bond acceptors (Lipinski definition) is 3. The van der Waals surface area contributed by atoms with Crippen molar-refractivity contribution < 1.29 is 0 Å². The molecule has 1 aromatic heterocycles. The minimum atomic E-state index is 0.0401. The highest BCUT2D eigenvalue weighted by Crippen LogP contribution is 2.52. The van der Waals surface area contributed by atoms with Crippen molar-refractivity contribution in [3.05, 3.63) is 150 Å². The van der Waals surface area contributed by atoms with E-state index in [4.69, 9.17) is 0 Å². The van der Waals surface area contributed by atoms with Gasteiger partial charge in [-0.15, -0.1) is 11.3 Å². The quantitative estimate of drug-likeness (QED) is 0.167. The maximum atomic E-state index is 2.66. The van der Waals surface area contributed by atoms with E-state index in [1.165, 1.54) is 106 Å². The molecule has 0 radical (unpaired) electrons. The summed E-state index contributed by atoms with van der Waals surface area (Å²) in [6.07, 6.45) is 2.36. The lowest BCUT2D eigenvalue weighted by Crippen LogP contribution is -2.61. The van der Waals surface area contributed by atoms with Gasteiger partial charge in [0.25, 0.3) is 6.71 Å². The molecular formula is C51H49BN2S. The van der Waals surface area contributed by atoms with Gasteiger partial charge in [0.1, 0.15) is 0 Å². The number of benzene rings is 6. The van der Waals surface area contributed by atoms with Crippen molar-refractivity contribution in [1.29, 1.82) is 0 Å². The van der Waals surface area contributed by atoms with Crippen LogP contribution in [0.3, 0.4) is 0 Å². The first kappa shape index (κ1) is 34.4. The Morgan fingerprint density at radius 1 is 0.618 bits per heavy atom. The van der Waals surface area contributed by atoms with Crippen LogP contribution in [0.4, 0.5) is 34.1 Å². The van der Waals surface area contributed by atoms with E-state index >= 15 is 0 Å². The number of thiophene rings is 1. The molecule has 0 spiro atoms. The first-order chi connectivity index (χ1) is 26.3. The lowest BCUT2D eigenvalue weighted by Gasteiger charge is -2.47. The first-order valence-corrected chi connectivity index (χ1v) is 20.8. The highest BCUT2D eigenvalue weighted by Gasteiger charge is 2.48. The fourth-order valence-corrected chi connectivity index (χ4v) is 11.1. The summed E-state index contributed by atoms with van der Waals surface area (Å²) in [5.74, 6) is 0. The lowest BCUT2D eigenvalue weighted by molar-refractivity contribution is 0.332. The van der Waals surface area contributed by atoms with Gasteiger partial charge < -0.3 is 9.80 Å². The van der Waals surface area contributed by atoms with Crippen LogP contribution in [0.15, 0.2) is 127 Å². The Kier molecular flexibility index (Phi) is 7.50. The second kappa shape index (κ2) is 12.0. The second-order valence-corrected chi connectivity index (χ2v) is 19.6. The molecule has 55 heavy (non-hydrogen) atoms. The Morgan fingerprint density at radius 3 is 1.93 bits per heavy atom. The van der Waals surface area contributed by atoms with Crippen LogP contribution in [-0.4, -0.2) is 6.71 Å². The predicted molar refractivity (Wildman–Crippen MR) is 240 cm³/mol. The van der Waals surface area contributed by atoms with E-state index in [9.17, 15) is 0 Å². The molecule has 6 aromatic carbocycles. The van der Waals surface area contributed by atoms with E-state index in [-0.39, 0.29) is 23.0 Å². The highest BCUT2D eigenvalue weighted by atomic mass is 32.1. The zero-order chi connectivity index (χ0) is 38.0. The van der Waals surface area contributed by atoms with Gasteiger partial charge in [-0.25, -0.2) is 0 Å². The van der Waals surface area contributed by atoms with Crippen molar-refractivity contribution in [2.24, 2.45) is 0 Å². The first-order valence-electron chi connectivity index (χ1n) is 20.0. The fraction of sp³-hybridized carbons (Fsp3) is 0.255. The predicted octanol–water partition coefficient (Wildman–Crippen LogP) is 12.6. The van der Waals surface area contributed by atoms with Crippen LogP contribution in [-0.2, 0) is 16.2 Å². The molecule has 0 unspecified atom stereocenters. The van der Waals surface area contributed by atoms with Crippen LogP contribution in [0.5, 0.6) is 0 Å². The Hall–Kier alpha value is -5.06. The van der Waals surface area contributed by atoms with E-state index in [0.717, 1.165) is 0 Å². The van der Waals surface area contributed by atoms with Gasteiger partial charge in [-0.1, -0.05) is 127 Å². The Bertz CT molecular complexity index is 2660. The molecule has 3 heterocycles. The number of anilines is 6. The van der Waals surface area contributed by atoms with Crippen LogP contribution in [0, 0.1) is 6.92 Å². The van der Waals surface area contributed by atoms with Crippen LogP contribution >= 0.6 is 11.3 Å². The van der Waals surface area contributed by atoms with E-state index in [1.807, 2.05) is 11.3 Å². The van der Waals surface area contributed by atoms with Crippen molar-refractivity contribution >= 4 is 78.0 Å². The third-order valence-corrected chi connectivity index (χ3v) is 14.1. The largest absolute Gasteiger partial charge is 0.311 e. The fourth-order valence-electron chi connectivity index (χ4n) is 9.78. The molecule has 7 aromatic rings. The zero-order valence-corrected chi connectivity index (χ0v) is 34.2. The molecule has 0 atom stereocenters. The molecule has 0 N–H and O–H groups in total. The lowest BCUT2D eigenvalue weighted by atomic mass is 9.35. The normalized spacial score (nSPS) is 16.4. The van der Waals surface area contributed by atoms with Gasteiger partial charge in [-0.05, 0) is 123 Å². The molecular weight excluding hydrogens is 683 g/mol. The molecule has 4 heteroatoms. The van der Waals surface area contributed by atoms with Crippen molar-refractivity contribution in [1.82, 2.24) is 0 Å². The molecule has 2 aliphatic heterocycles. The number of aryl methyl sites for hydroxylation is 1. The van der Waals surface area contributed by atoms with Crippen molar-refractivity contribution in [2.45, 2.75) is 84.5 Å². The maximum absolute atomic E-state index is 2.66. The third-order valence-electron chi connectivity index (χ3n) is 12.9. The molecule has 272 valence electrons. The van der Waals surface area contributed by atoms with Crippen LogP contribution in [0.25, 0.3) is 21.2 Å². The van der Waals surface area contributed by atoms with Gasteiger partial charge in [0.2, 0.25) is 0 Å². The van der Waals surface area contributed by atoms with Gasteiger partial charge in [-0.3, -0.25) is 0 Å². The summed E-state index contributed by atoms with van der Waals surface area (Å²) in [5, 5.41) is 1.35. The van der Waals surface area contributed by atoms with Gasteiger partial charge >= 0.3 is 0 Å². The summed E-state index contributed by atoms with van der Waals surface area (Å²) in [5.41, 5.74) is 18.8. The van der Waals surface area contributed by atoms with Crippen LogP contribution in [0.2, 0.25) is 0 Å². The van der Waals surface area contributed by atoms with Gasteiger partial charge in [0.15, 0.2) is 0 Å². The minimum absolute atomic E-state index is 0.0401. The monoisotopic (exact) mass is 732 g/mol. The minimum Gasteiger partial charge on any atom is -0.311 e. The average molecular weight is 733 g/mol. The molecule has 0 bridgehead atoms. The second-order valence-electron chi connectivity index (χ2n) is 18.5. The molecule has 10 rings (SSSR count). The maximum Gasteiger partial charge on any atom is 0.264 e. The van der Waals surface area contributed by atoms with Gasteiger partial charge in [0, 0.05) is 43.2 Å². The summed E-state index contributed by atoms with van der Waals surface area (Å²) in [6.45, 7) is 19.2.